The fraction of sp³-hybridized carbons (Fsp3) is 0.364. The first-order valence-corrected chi connectivity index (χ1v) is 4.46. The molecule has 12 heavy (non-hydrogen) atoms. The normalized spacial score (nSPS) is 17.9. The fourth-order valence-corrected chi connectivity index (χ4v) is 1.23. The lowest BCUT2D eigenvalue weighted by molar-refractivity contribution is 1.06. The molecule has 0 heterocycles. The van der Waals surface area contributed by atoms with E-state index in [0.29, 0.717) is 6.04 Å². The zero-order valence-corrected chi connectivity index (χ0v) is 7.33. The van der Waals surface area contributed by atoms with Crippen LogP contribution in [0.4, 0.5) is 0 Å². The zero-order chi connectivity index (χ0) is 8.39. The lowest BCUT2D eigenvalue weighted by Crippen LogP contribution is -1.95. The number of aliphatic imine (C=N–C) groups is 1. The molecule has 1 aromatic rings. The summed E-state index contributed by atoms with van der Waals surface area (Å²) in [5.74, 6) is 0. The topological polar surface area (TPSA) is 12.4 Å². The van der Waals surface area contributed by atoms with Gasteiger partial charge in [-0.2, -0.15) is 0 Å². The van der Waals surface area contributed by atoms with E-state index in [1.165, 1.54) is 24.1 Å². The van der Waals surface area contributed by atoms with E-state index in [-0.39, 0.29) is 0 Å². The van der Waals surface area contributed by atoms with Crippen LogP contribution in [0.15, 0.2) is 35.3 Å². The Labute approximate surface area is 73.1 Å². The van der Waals surface area contributed by atoms with Crippen molar-refractivity contribution < 1.29 is 0 Å². The van der Waals surface area contributed by atoms with Crippen LogP contribution in [0.5, 0.6) is 0 Å². The van der Waals surface area contributed by atoms with Crippen molar-refractivity contribution in [1.29, 1.82) is 0 Å². The summed E-state index contributed by atoms with van der Waals surface area (Å²) in [4.78, 5) is 4.58. The monoisotopic (exact) mass is 159 g/mol. The molecule has 1 heteroatoms. The van der Waals surface area contributed by atoms with Crippen molar-refractivity contribution in [2.75, 3.05) is 0 Å². The van der Waals surface area contributed by atoms with E-state index in [4.69, 9.17) is 0 Å². The molecule has 1 aromatic carbocycles. The zero-order valence-electron chi connectivity index (χ0n) is 7.33. The van der Waals surface area contributed by atoms with Gasteiger partial charge in [0.1, 0.15) is 0 Å². The van der Waals surface area contributed by atoms with Crippen LogP contribution in [-0.4, -0.2) is 11.8 Å². The highest BCUT2D eigenvalue weighted by atomic mass is 14.8. The van der Waals surface area contributed by atoms with Crippen LogP contribution in [0, 0.1) is 0 Å². The maximum absolute atomic E-state index is 4.58. The average Bonchev–Trinajstić information content (AvgIpc) is 2.90. The molecule has 1 saturated carbocycles. The van der Waals surface area contributed by atoms with Crippen molar-refractivity contribution in [2.45, 2.75) is 25.8 Å². The third-order valence-electron chi connectivity index (χ3n) is 2.11. The molecule has 1 aliphatic carbocycles. The smallest absolute Gasteiger partial charge is 0.0504 e. The van der Waals surface area contributed by atoms with Gasteiger partial charge in [-0.3, -0.25) is 4.99 Å². The van der Waals surface area contributed by atoms with Gasteiger partial charge in [0, 0.05) is 5.71 Å². The minimum atomic E-state index is 0.630. The highest BCUT2D eigenvalue weighted by molar-refractivity contribution is 5.98. The van der Waals surface area contributed by atoms with E-state index in [9.17, 15) is 0 Å². The van der Waals surface area contributed by atoms with Crippen LogP contribution in [0.3, 0.4) is 0 Å². The Balaban J connectivity index is 2.18. The molecule has 0 aromatic heterocycles. The number of benzene rings is 1. The van der Waals surface area contributed by atoms with E-state index >= 15 is 0 Å². The summed E-state index contributed by atoms with van der Waals surface area (Å²) in [5.41, 5.74) is 2.43. The summed E-state index contributed by atoms with van der Waals surface area (Å²) in [6.07, 6.45) is 2.56. The second-order valence-electron chi connectivity index (χ2n) is 3.31. The maximum Gasteiger partial charge on any atom is 0.0504 e. The predicted molar refractivity (Wildman–Crippen MR) is 51.7 cm³/mol. The van der Waals surface area contributed by atoms with Crippen molar-refractivity contribution in [3.8, 4) is 0 Å². The summed E-state index contributed by atoms with van der Waals surface area (Å²) in [6.45, 7) is 2.09. The van der Waals surface area contributed by atoms with Gasteiger partial charge in [-0.05, 0) is 25.3 Å². The Morgan fingerprint density at radius 2 is 1.92 bits per heavy atom. The van der Waals surface area contributed by atoms with Gasteiger partial charge in [-0.1, -0.05) is 30.3 Å². The van der Waals surface area contributed by atoms with E-state index in [1.54, 1.807) is 0 Å². The molecular formula is C11H13N. The van der Waals surface area contributed by atoms with Crippen LogP contribution in [0.1, 0.15) is 25.3 Å². The third-order valence-corrected chi connectivity index (χ3v) is 2.11. The highest BCUT2D eigenvalue weighted by Gasteiger charge is 2.20. The van der Waals surface area contributed by atoms with E-state index < -0.39 is 0 Å². The highest BCUT2D eigenvalue weighted by Crippen LogP contribution is 2.24. The van der Waals surface area contributed by atoms with Gasteiger partial charge >= 0.3 is 0 Å². The summed E-state index contributed by atoms with van der Waals surface area (Å²) in [7, 11) is 0. The van der Waals surface area contributed by atoms with Gasteiger partial charge in [0.2, 0.25) is 0 Å². The van der Waals surface area contributed by atoms with Gasteiger partial charge in [0.15, 0.2) is 0 Å². The van der Waals surface area contributed by atoms with Gasteiger partial charge in [-0.15, -0.1) is 0 Å². The second-order valence-corrected chi connectivity index (χ2v) is 3.31. The number of nitrogens with zero attached hydrogens (tertiary/aromatic N) is 1. The second kappa shape index (κ2) is 3.10. The molecular weight excluding hydrogens is 146 g/mol. The van der Waals surface area contributed by atoms with Gasteiger partial charge in [-0.25, -0.2) is 0 Å². The van der Waals surface area contributed by atoms with Crippen LogP contribution >= 0.6 is 0 Å². The Bertz CT molecular complexity index is 283. The largest absolute Gasteiger partial charge is 0.286 e. The van der Waals surface area contributed by atoms with Crippen molar-refractivity contribution in [3.05, 3.63) is 35.9 Å². The van der Waals surface area contributed by atoms with Gasteiger partial charge in [0.05, 0.1) is 6.04 Å². The maximum atomic E-state index is 4.58. The molecule has 62 valence electrons. The molecule has 2 rings (SSSR count). The first kappa shape index (κ1) is 7.53. The standard InChI is InChI=1S/C11H13N/c1-9(12-11-7-8-11)10-5-3-2-4-6-10/h2-6,11H,7-8H2,1H3. The van der Waals surface area contributed by atoms with Crippen LogP contribution in [0.25, 0.3) is 0 Å². The van der Waals surface area contributed by atoms with Gasteiger partial charge in [0.25, 0.3) is 0 Å². The molecule has 0 aliphatic heterocycles. The Hall–Kier alpha value is -1.11. The fourth-order valence-electron chi connectivity index (χ4n) is 1.23. The molecule has 0 saturated heterocycles. The average molecular weight is 159 g/mol. The predicted octanol–water partition coefficient (Wildman–Crippen LogP) is 2.66. The van der Waals surface area contributed by atoms with Crippen LogP contribution in [0.2, 0.25) is 0 Å². The molecule has 0 radical (unpaired) electrons. The van der Waals surface area contributed by atoms with E-state index in [0.717, 1.165) is 0 Å². The van der Waals surface area contributed by atoms with Gasteiger partial charge < -0.3 is 0 Å². The SMILES string of the molecule is CC(=NC1CC1)c1ccccc1. The molecule has 0 amide bonds. The third kappa shape index (κ3) is 1.73. The number of hydrogen-bond acceptors (Lipinski definition) is 1. The molecule has 0 N–H and O–H groups in total. The summed E-state index contributed by atoms with van der Waals surface area (Å²) < 4.78 is 0. The van der Waals surface area contributed by atoms with Crippen LogP contribution < -0.4 is 0 Å². The molecule has 1 nitrogen and oxygen atoms in total. The quantitative estimate of drug-likeness (QED) is 0.588. The summed E-state index contributed by atoms with van der Waals surface area (Å²) in [6, 6.07) is 11.0. The molecule has 0 atom stereocenters. The van der Waals surface area contributed by atoms with Crippen LogP contribution in [-0.2, 0) is 0 Å². The molecule has 0 bridgehead atoms. The molecule has 1 aliphatic rings. The van der Waals surface area contributed by atoms with E-state index in [2.05, 4.69) is 36.2 Å². The molecule has 1 fully saturated rings. The van der Waals surface area contributed by atoms with Crippen molar-refractivity contribution >= 4 is 5.71 Å². The lowest BCUT2D eigenvalue weighted by atomic mass is 10.1. The van der Waals surface area contributed by atoms with Crippen molar-refractivity contribution in [2.24, 2.45) is 4.99 Å². The first-order chi connectivity index (χ1) is 5.86. The Kier molecular flexibility index (Phi) is 1.94. The lowest BCUT2D eigenvalue weighted by Gasteiger charge is -1.98. The first-order valence-electron chi connectivity index (χ1n) is 4.46. The minimum Gasteiger partial charge on any atom is -0.286 e. The molecule has 0 unspecified atom stereocenters. The van der Waals surface area contributed by atoms with Crippen molar-refractivity contribution in [1.82, 2.24) is 0 Å². The number of rotatable bonds is 2. The Morgan fingerprint density at radius 3 is 2.50 bits per heavy atom. The van der Waals surface area contributed by atoms with Crippen molar-refractivity contribution in [3.63, 3.8) is 0 Å². The Morgan fingerprint density at radius 1 is 1.25 bits per heavy atom. The summed E-state index contributed by atoms with van der Waals surface area (Å²) in [5, 5.41) is 0. The molecule has 0 spiro atoms. The minimum absolute atomic E-state index is 0.630. The number of hydrogen-bond donors (Lipinski definition) is 0. The summed E-state index contributed by atoms with van der Waals surface area (Å²) >= 11 is 0. The van der Waals surface area contributed by atoms with E-state index in [1.807, 2.05) is 6.07 Å².